The third-order valence-electron chi connectivity index (χ3n) is 4.06. The first-order valence-corrected chi connectivity index (χ1v) is 7.55. The summed E-state index contributed by atoms with van der Waals surface area (Å²) in [4.78, 5) is 24.9. The Kier molecular flexibility index (Phi) is 5.96. The number of hydrogen-bond acceptors (Lipinski definition) is 5. The van der Waals surface area contributed by atoms with E-state index in [1.807, 2.05) is 11.8 Å². The summed E-state index contributed by atoms with van der Waals surface area (Å²) in [6.45, 7) is 4.89. The number of nitrogens with one attached hydrogen (secondary N) is 1. The molecule has 21 heavy (non-hydrogen) atoms. The summed E-state index contributed by atoms with van der Waals surface area (Å²) in [5, 5.41) is 11.9. The Hall–Kier alpha value is -1.18. The van der Waals surface area contributed by atoms with Crippen LogP contribution < -0.4 is 5.32 Å². The SMILES string of the molecule is CCNC1COCC1C(=O)N1CCC(OCC(=O)O)CC1. The van der Waals surface area contributed by atoms with E-state index in [0.29, 0.717) is 39.1 Å². The molecule has 0 aromatic rings. The Morgan fingerprint density at radius 2 is 2.05 bits per heavy atom. The Balaban J connectivity index is 1.78. The van der Waals surface area contributed by atoms with Crippen LogP contribution in [0.25, 0.3) is 0 Å². The maximum atomic E-state index is 12.5. The minimum Gasteiger partial charge on any atom is -0.480 e. The topological polar surface area (TPSA) is 88.1 Å². The van der Waals surface area contributed by atoms with Crippen LogP contribution in [0.5, 0.6) is 0 Å². The molecule has 2 fully saturated rings. The van der Waals surface area contributed by atoms with Crippen molar-refractivity contribution in [3.63, 3.8) is 0 Å². The molecule has 2 unspecified atom stereocenters. The highest BCUT2D eigenvalue weighted by Crippen LogP contribution is 2.21. The number of piperidine rings is 1. The van der Waals surface area contributed by atoms with Gasteiger partial charge in [0.1, 0.15) is 6.61 Å². The lowest BCUT2D eigenvalue weighted by atomic mass is 9.99. The Labute approximate surface area is 124 Å². The summed E-state index contributed by atoms with van der Waals surface area (Å²) in [6.07, 6.45) is 1.33. The van der Waals surface area contributed by atoms with Crippen molar-refractivity contribution in [2.24, 2.45) is 5.92 Å². The summed E-state index contributed by atoms with van der Waals surface area (Å²) < 4.78 is 10.7. The largest absolute Gasteiger partial charge is 0.480 e. The van der Waals surface area contributed by atoms with Crippen LogP contribution in [-0.4, -0.2) is 73.5 Å². The van der Waals surface area contributed by atoms with E-state index in [0.717, 1.165) is 6.54 Å². The first kappa shape index (κ1) is 16.2. The minimum atomic E-state index is -0.954. The van der Waals surface area contributed by atoms with Gasteiger partial charge in [-0.1, -0.05) is 6.92 Å². The molecule has 0 aromatic carbocycles. The van der Waals surface area contributed by atoms with Crippen molar-refractivity contribution < 1.29 is 24.2 Å². The molecule has 7 nitrogen and oxygen atoms in total. The number of nitrogens with zero attached hydrogens (tertiary/aromatic N) is 1. The van der Waals surface area contributed by atoms with Crippen molar-refractivity contribution in [1.29, 1.82) is 0 Å². The van der Waals surface area contributed by atoms with E-state index in [-0.39, 0.29) is 30.6 Å². The van der Waals surface area contributed by atoms with Gasteiger partial charge in [-0.25, -0.2) is 4.79 Å². The Bertz CT molecular complexity index is 368. The van der Waals surface area contributed by atoms with Gasteiger partial charge in [0.25, 0.3) is 0 Å². The van der Waals surface area contributed by atoms with Gasteiger partial charge in [0.15, 0.2) is 0 Å². The molecule has 2 aliphatic rings. The molecule has 0 bridgehead atoms. The third-order valence-corrected chi connectivity index (χ3v) is 4.06. The Morgan fingerprint density at radius 1 is 1.33 bits per heavy atom. The zero-order valence-electron chi connectivity index (χ0n) is 12.4. The molecular formula is C14H24N2O5. The number of carbonyl (C=O) groups excluding carboxylic acids is 1. The fraction of sp³-hybridized carbons (Fsp3) is 0.857. The van der Waals surface area contributed by atoms with Gasteiger partial charge < -0.3 is 24.8 Å². The molecular weight excluding hydrogens is 276 g/mol. The molecule has 1 amide bonds. The number of hydrogen-bond donors (Lipinski definition) is 2. The molecule has 7 heteroatoms. The van der Waals surface area contributed by atoms with Crippen LogP contribution in [0.3, 0.4) is 0 Å². The van der Waals surface area contributed by atoms with Crippen LogP contribution in [0.15, 0.2) is 0 Å². The molecule has 2 heterocycles. The summed E-state index contributed by atoms with van der Waals surface area (Å²) in [7, 11) is 0. The second kappa shape index (κ2) is 7.72. The second-order valence-electron chi connectivity index (χ2n) is 5.54. The average Bonchev–Trinajstić information content (AvgIpc) is 2.93. The first-order chi connectivity index (χ1) is 10.1. The van der Waals surface area contributed by atoms with Crippen LogP contribution in [0, 0.1) is 5.92 Å². The molecule has 2 N–H and O–H groups in total. The number of amides is 1. The molecule has 2 aliphatic heterocycles. The smallest absolute Gasteiger partial charge is 0.329 e. The maximum Gasteiger partial charge on any atom is 0.329 e. The number of ether oxygens (including phenoxy) is 2. The molecule has 0 aromatic heterocycles. The summed E-state index contributed by atoms with van der Waals surface area (Å²) >= 11 is 0. The summed E-state index contributed by atoms with van der Waals surface area (Å²) in [5.41, 5.74) is 0. The van der Waals surface area contributed by atoms with Gasteiger partial charge in [0, 0.05) is 19.1 Å². The van der Waals surface area contributed by atoms with Crippen LogP contribution in [0.2, 0.25) is 0 Å². The highest BCUT2D eigenvalue weighted by molar-refractivity contribution is 5.80. The fourth-order valence-electron chi connectivity index (χ4n) is 2.93. The standard InChI is InChI=1S/C14H24N2O5/c1-2-15-12-8-20-7-11(12)14(19)16-5-3-10(4-6-16)21-9-13(17)18/h10-12,15H,2-9H2,1H3,(H,17,18). The summed E-state index contributed by atoms with van der Waals surface area (Å²) in [6, 6.07) is 0.100. The van der Waals surface area contributed by atoms with Crippen LogP contribution >= 0.6 is 0 Å². The van der Waals surface area contributed by atoms with Crippen molar-refractivity contribution >= 4 is 11.9 Å². The molecule has 2 rings (SSSR count). The molecule has 0 spiro atoms. The van der Waals surface area contributed by atoms with Gasteiger partial charge in [-0.2, -0.15) is 0 Å². The van der Waals surface area contributed by atoms with Gasteiger partial charge in [-0.3, -0.25) is 4.79 Å². The van der Waals surface area contributed by atoms with E-state index in [2.05, 4.69) is 5.32 Å². The number of likely N-dealkylation sites (tertiary alicyclic amines) is 1. The van der Waals surface area contributed by atoms with E-state index in [9.17, 15) is 9.59 Å². The molecule has 2 saturated heterocycles. The van der Waals surface area contributed by atoms with Gasteiger partial charge in [-0.05, 0) is 19.4 Å². The lowest BCUT2D eigenvalue weighted by Gasteiger charge is -2.34. The Morgan fingerprint density at radius 3 is 2.67 bits per heavy atom. The number of carboxylic acids is 1. The molecule has 2 atom stereocenters. The van der Waals surface area contributed by atoms with Crippen molar-refractivity contribution in [2.45, 2.75) is 31.9 Å². The quantitative estimate of drug-likeness (QED) is 0.700. The van der Waals surface area contributed by atoms with E-state index in [4.69, 9.17) is 14.6 Å². The normalized spacial score (nSPS) is 27.0. The highest BCUT2D eigenvalue weighted by atomic mass is 16.5. The van der Waals surface area contributed by atoms with Crippen molar-refractivity contribution in [3.8, 4) is 0 Å². The van der Waals surface area contributed by atoms with Crippen molar-refractivity contribution in [2.75, 3.05) is 39.5 Å². The van der Waals surface area contributed by atoms with Crippen LogP contribution in [0.4, 0.5) is 0 Å². The van der Waals surface area contributed by atoms with Crippen LogP contribution in [0.1, 0.15) is 19.8 Å². The summed E-state index contributed by atoms with van der Waals surface area (Å²) in [5.74, 6) is -0.929. The molecule has 0 aliphatic carbocycles. The number of rotatable bonds is 6. The zero-order chi connectivity index (χ0) is 15.2. The average molecular weight is 300 g/mol. The number of carbonyl (C=O) groups is 2. The lowest BCUT2D eigenvalue weighted by Crippen LogP contribution is -2.49. The number of likely N-dealkylation sites (N-methyl/N-ethyl adjacent to an activating group) is 1. The lowest BCUT2D eigenvalue weighted by molar-refractivity contribution is -0.147. The first-order valence-electron chi connectivity index (χ1n) is 7.55. The fourth-order valence-corrected chi connectivity index (χ4v) is 2.93. The number of carboxylic acid groups (broad SMARTS) is 1. The predicted octanol–water partition coefficient (Wildman–Crippen LogP) is -0.297. The van der Waals surface area contributed by atoms with Crippen molar-refractivity contribution in [3.05, 3.63) is 0 Å². The van der Waals surface area contributed by atoms with E-state index < -0.39 is 5.97 Å². The van der Waals surface area contributed by atoms with E-state index >= 15 is 0 Å². The monoisotopic (exact) mass is 300 g/mol. The molecule has 0 radical (unpaired) electrons. The second-order valence-corrected chi connectivity index (χ2v) is 5.54. The van der Waals surface area contributed by atoms with Crippen molar-refractivity contribution in [1.82, 2.24) is 10.2 Å². The molecule has 120 valence electrons. The zero-order valence-corrected chi connectivity index (χ0v) is 12.4. The highest BCUT2D eigenvalue weighted by Gasteiger charge is 2.37. The maximum absolute atomic E-state index is 12.5. The van der Waals surface area contributed by atoms with E-state index in [1.54, 1.807) is 0 Å². The van der Waals surface area contributed by atoms with Gasteiger partial charge in [0.2, 0.25) is 5.91 Å². The van der Waals surface area contributed by atoms with Gasteiger partial charge >= 0.3 is 5.97 Å². The van der Waals surface area contributed by atoms with Gasteiger partial charge in [0.05, 0.1) is 25.2 Å². The third kappa shape index (κ3) is 4.39. The predicted molar refractivity (Wildman–Crippen MR) is 75.0 cm³/mol. The van der Waals surface area contributed by atoms with Gasteiger partial charge in [-0.15, -0.1) is 0 Å². The number of aliphatic carboxylic acids is 1. The minimum absolute atomic E-state index is 0.0606. The molecule has 0 saturated carbocycles. The van der Waals surface area contributed by atoms with Crippen LogP contribution in [-0.2, 0) is 19.1 Å². The van der Waals surface area contributed by atoms with E-state index in [1.165, 1.54) is 0 Å².